The number of nitro groups is 1. The van der Waals surface area contributed by atoms with Crippen molar-refractivity contribution in [1.29, 1.82) is 0 Å². The molecule has 0 amide bonds. The van der Waals surface area contributed by atoms with E-state index < -0.39 is 4.92 Å². The van der Waals surface area contributed by atoms with E-state index in [1.807, 2.05) is 30.3 Å². The highest BCUT2D eigenvalue weighted by Gasteiger charge is 2.17. The number of benzene rings is 2. The smallest absolute Gasteiger partial charge is 0.269 e. The van der Waals surface area contributed by atoms with Crippen molar-refractivity contribution in [1.82, 2.24) is 15.0 Å². The highest BCUT2D eigenvalue weighted by molar-refractivity contribution is 5.99. The molecule has 1 aliphatic rings. The van der Waals surface area contributed by atoms with E-state index in [-0.39, 0.29) is 5.69 Å². The molecule has 0 radical (unpaired) electrons. The Kier molecular flexibility index (Phi) is 5.97. The Labute approximate surface area is 179 Å². The van der Waals surface area contributed by atoms with Gasteiger partial charge in [0.05, 0.1) is 10.6 Å². The van der Waals surface area contributed by atoms with Crippen LogP contribution in [0.25, 0.3) is 0 Å². The van der Waals surface area contributed by atoms with Gasteiger partial charge in [0.1, 0.15) is 0 Å². The van der Waals surface area contributed by atoms with Gasteiger partial charge in [0.25, 0.3) is 5.69 Å². The summed E-state index contributed by atoms with van der Waals surface area (Å²) in [4.78, 5) is 26.0. The quantitative estimate of drug-likeness (QED) is 0.336. The van der Waals surface area contributed by atoms with Crippen molar-refractivity contribution in [2.24, 2.45) is 5.10 Å². The molecule has 1 saturated heterocycles. The van der Waals surface area contributed by atoms with Crippen LogP contribution in [0.4, 0.5) is 29.2 Å². The Hall–Kier alpha value is -4.08. The molecule has 10 heteroatoms. The number of hydrazone groups is 1. The summed E-state index contributed by atoms with van der Waals surface area (Å²) in [5.74, 6) is 1.34. The third-order valence-corrected chi connectivity index (χ3v) is 4.86. The van der Waals surface area contributed by atoms with Crippen molar-refractivity contribution in [3.05, 3.63) is 70.3 Å². The maximum absolute atomic E-state index is 10.8. The second-order valence-corrected chi connectivity index (χ2v) is 7.08. The minimum Gasteiger partial charge on any atom is -0.341 e. The number of nitrogens with zero attached hydrogens (tertiary/aromatic N) is 6. The van der Waals surface area contributed by atoms with Gasteiger partial charge in [-0.05, 0) is 49.6 Å². The monoisotopic (exact) mass is 418 g/mol. The lowest BCUT2D eigenvalue weighted by atomic mass is 10.1. The first-order chi connectivity index (χ1) is 15.1. The fraction of sp³-hybridized carbons (Fsp3) is 0.238. The first-order valence-corrected chi connectivity index (χ1v) is 9.97. The summed E-state index contributed by atoms with van der Waals surface area (Å²) in [6.45, 7) is 3.61. The highest BCUT2D eigenvalue weighted by Crippen LogP contribution is 2.21. The zero-order valence-electron chi connectivity index (χ0n) is 17.0. The van der Waals surface area contributed by atoms with Crippen LogP contribution in [0, 0.1) is 10.1 Å². The maximum atomic E-state index is 10.8. The van der Waals surface area contributed by atoms with Crippen LogP contribution in [0.15, 0.2) is 59.7 Å². The number of hydrogen-bond acceptors (Lipinski definition) is 9. The number of nitrogens with one attached hydrogen (secondary N) is 2. The van der Waals surface area contributed by atoms with Gasteiger partial charge in [-0.3, -0.25) is 10.1 Å². The molecule has 2 heterocycles. The molecule has 1 aromatic heterocycles. The summed E-state index contributed by atoms with van der Waals surface area (Å²) >= 11 is 0. The molecule has 158 valence electrons. The number of rotatable bonds is 7. The van der Waals surface area contributed by atoms with E-state index in [1.165, 1.54) is 12.1 Å². The second-order valence-electron chi connectivity index (χ2n) is 7.08. The van der Waals surface area contributed by atoms with Gasteiger partial charge < -0.3 is 10.2 Å². The minimum absolute atomic E-state index is 0.0360. The van der Waals surface area contributed by atoms with E-state index in [1.54, 1.807) is 19.1 Å². The molecule has 4 rings (SSSR count). The first-order valence-electron chi connectivity index (χ1n) is 9.97. The van der Waals surface area contributed by atoms with Crippen LogP contribution < -0.4 is 15.6 Å². The van der Waals surface area contributed by atoms with Gasteiger partial charge in [-0.1, -0.05) is 18.2 Å². The van der Waals surface area contributed by atoms with Crippen LogP contribution >= 0.6 is 0 Å². The molecule has 0 spiro atoms. The normalized spacial score (nSPS) is 13.8. The molecule has 2 aromatic carbocycles. The third kappa shape index (κ3) is 5.10. The van der Waals surface area contributed by atoms with E-state index in [0.717, 1.165) is 37.2 Å². The van der Waals surface area contributed by atoms with Gasteiger partial charge in [-0.2, -0.15) is 20.1 Å². The summed E-state index contributed by atoms with van der Waals surface area (Å²) in [7, 11) is 0. The van der Waals surface area contributed by atoms with Gasteiger partial charge in [-0.15, -0.1) is 0 Å². The molecule has 1 fully saturated rings. The Bertz CT molecular complexity index is 1080. The van der Waals surface area contributed by atoms with Gasteiger partial charge in [0.2, 0.25) is 17.8 Å². The van der Waals surface area contributed by atoms with Gasteiger partial charge in [-0.25, -0.2) is 5.43 Å². The Morgan fingerprint density at radius 1 is 1.00 bits per heavy atom. The molecular weight excluding hydrogens is 396 g/mol. The van der Waals surface area contributed by atoms with Crippen LogP contribution in [0.3, 0.4) is 0 Å². The Morgan fingerprint density at radius 3 is 2.35 bits per heavy atom. The van der Waals surface area contributed by atoms with Crippen molar-refractivity contribution in [3.8, 4) is 0 Å². The van der Waals surface area contributed by atoms with Crippen molar-refractivity contribution < 1.29 is 4.92 Å². The lowest BCUT2D eigenvalue weighted by Crippen LogP contribution is -2.22. The SMILES string of the molecule is C/C(=N/Nc1nc(Nc2ccccc2)nc(N2CCCC2)n1)c1ccc([N+](=O)[O-])cc1. The zero-order chi connectivity index (χ0) is 21.6. The number of hydrogen-bond donors (Lipinski definition) is 2. The fourth-order valence-corrected chi connectivity index (χ4v) is 3.20. The standard InChI is InChI=1S/C21H22N8O2/c1-15(16-9-11-18(12-10-16)29(30)31)26-27-20-23-19(22-17-7-3-2-4-8-17)24-21(25-20)28-13-5-6-14-28/h2-4,7-12H,5-6,13-14H2,1H3,(H2,22,23,24,25,27)/b26-15-. The summed E-state index contributed by atoms with van der Waals surface area (Å²) in [5, 5.41) is 18.4. The van der Waals surface area contributed by atoms with E-state index in [2.05, 4.69) is 35.7 Å². The Balaban J connectivity index is 1.57. The van der Waals surface area contributed by atoms with Crippen molar-refractivity contribution >= 4 is 34.9 Å². The number of para-hydroxylation sites is 1. The number of nitro benzene ring substituents is 1. The lowest BCUT2D eigenvalue weighted by molar-refractivity contribution is -0.384. The van der Waals surface area contributed by atoms with Crippen LogP contribution in [0.2, 0.25) is 0 Å². The molecule has 0 saturated carbocycles. The molecule has 0 bridgehead atoms. The van der Waals surface area contributed by atoms with Crippen molar-refractivity contribution in [2.45, 2.75) is 19.8 Å². The molecule has 0 atom stereocenters. The molecule has 0 unspecified atom stereocenters. The largest absolute Gasteiger partial charge is 0.341 e. The predicted octanol–water partition coefficient (Wildman–Crippen LogP) is 3.96. The number of aromatic nitrogens is 3. The summed E-state index contributed by atoms with van der Waals surface area (Å²) < 4.78 is 0. The minimum atomic E-state index is -0.430. The van der Waals surface area contributed by atoms with Gasteiger partial charge in [0, 0.05) is 30.9 Å². The van der Waals surface area contributed by atoms with E-state index in [0.29, 0.717) is 23.6 Å². The van der Waals surface area contributed by atoms with Crippen LogP contribution in [-0.4, -0.2) is 38.7 Å². The van der Waals surface area contributed by atoms with E-state index in [4.69, 9.17) is 0 Å². The summed E-state index contributed by atoms with van der Waals surface area (Å²) in [6, 6.07) is 15.9. The molecule has 0 aliphatic carbocycles. The van der Waals surface area contributed by atoms with Gasteiger partial charge in [0.15, 0.2) is 0 Å². The molecule has 3 aromatic rings. The maximum Gasteiger partial charge on any atom is 0.269 e. The van der Waals surface area contributed by atoms with Crippen LogP contribution in [-0.2, 0) is 0 Å². The molecule has 31 heavy (non-hydrogen) atoms. The topological polar surface area (TPSA) is 121 Å². The predicted molar refractivity (Wildman–Crippen MR) is 120 cm³/mol. The number of anilines is 4. The number of non-ortho nitro benzene ring substituents is 1. The molecular formula is C21H22N8O2. The van der Waals surface area contributed by atoms with Gasteiger partial charge >= 0.3 is 0 Å². The van der Waals surface area contributed by atoms with Crippen LogP contribution in [0.5, 0.6) is 0 Å². The van der Waals surface area contributed by atoms with Crippen molar-refractivity contribution in [2.75, 3.05) is 28.7 Å². The van der Waals surface area contributed by atoms with E-state index in [9.17, 15) is 10.1 Å². The highest BCUT2D eigenvalue weighted by atomic mass is 16.6. The lowest BCUT2D eigenvalue weighted by Gasteiger charge is -2.16. The Morgan fingerprint density at radius 2 is 1.68 bits per heavy atom. The molecule has 1 aliphatic heterocycles. The van der Waals surface area contributed by atoms with E-state index >= 15 is 0 Å². The first kappa shape index (κ1) is 20.2. The average molecular weight is 418 g/mol. The third-order valence-electron chi connectivity index (χ3n) is 4.86. The molecule has 10 nitrogen and oxygen atoms in total. The fourth-order valence-electron chi connectivity index (χ4n) is 3.20. The second kappa shape index (κ2) is 9.16. The van der Waals surface area contributed by atoms with Crippen LogP contribution in [0.1, 0.15) is 25.3 Å². The van der Waals surface area contributed by atoms with Crippen molar-refractivity contribution in [3.63, 3.8) is 0 Å². The molecule has 2 N–H and O–H groups in total. The summed E-state index contributed by atoms with van der Waals surface area (Å²) in [6.07, 6.45) is 2.21. The summed E-state index contributed by atoms with van der Waals surface area (Å²) in [5.41, 5.74) is 5.21. The average Bonchev–Trinajstić information content (AvgIpc) is 3.33. The zero-order valence-corrected chi connectivity index (χ0v) is 17.0.